The van der Waals surface area contributed by atoms with Crippen molar-refractivity contribution in [1.29, 1.82) is 0 Å². The van der Waals surface area contributed by atoms with Crippen LogP contribution in [-0.2, 0) is 11.3 Å². The first-order valence-corrected chi connectivity index (χ1v) is 9.94. The summed E-state index contributed by atoms with van der Waals surface area (Å²) < 4.78 is 18.7. The first-order chi connectivity index (χ1) is 13.3. The van der Waals surface area contributed by atoms with Crippen molar-refractivity contribution in [3.05, 3.63) is 35.6 Å². The summed E-state index contributed by atoms with van der Waals surface area (Å²) in [6.45, 7) is 8.42. The maximum atomic E-state index is 13.3. The van der Waals surface area contributed by atoms with Gasteiger partial charge in [0.05, 0.1) is 0 Å². The van der Waals surface area contributed by atoms with Crippen LogP contribution >= 0.6 is 24.0 Å². The normalized spacial score (nSPS) is 17.3. The molecule has 1 aromatic carbocycles. The predicted molar refractivity (Wildman–Crippen MR) is 125 cm³/mol. The molecule has 1 fully saturated rings. The second kappa shape index (κ2) is 12.2. The summed E-state index contributed by atoms with van der Waals surface area (Å²) in [5, 5.41) is 6.49. The number of guanidine groups is 1. The van der Waals surface area contributed by atoms with E-state index < -0.39 is 5.60 Å². The van der Waals surface area contributed by atoms with Crippen molar-refractivity contribution in [2.75, 3.05) is 26.7 Å². The van der Waals surface area contributed by atoms with E-state index >= 15 is 0 Å². The molecule has 0 aliphatic carbocycles. The molecule has 0 radical (unpaired) electrons. The van der Waals surface area contributed by atoms with Gasteiger partial charge in [-0.15, -0.1) is 24.0 Å². The molecule has 1 saturated heterocycles. The zero-order chi connectivity index (χ0) is 20.6. The van der Waals surface area contributed by atoms with Gasteiger partial charge in [0.25, 0.3) is 0 Å². The average molecular weight is 520 g/mol. The van der Waals surface area contributed by atoms with E-state index in [-0.39, 0.29) is 35.9 Å². The number of hydrogen-bond acceptors (Lipinski definition) is 3. The van der Waals surface area contributed by atoms with E-state index in [1.54, 1.807) is 13.1 Å². The van der Waals surface area contributed by atoms with Crippen molar-refractivity contribution in [2.45, 2.75) is 52.2 Å². The molecule has 0 saturated carbocycles. The average Bonchev–Trinajstić information content (AvgIpc) is 2.63. The van der Waals surface area contributed by atoms with Gasteiger partial charge in [-0.3, -0.25) is 4.99 Å². The molecule has 1 aliphatic heterocycles. The molecule has 1 amide bonds. The van der Waals surface area contributed by atoms with E-state index in [0.717, 1.165) is 44.5 Å². The molecular weight excluding hydrogens is 486 g/mol. The fourth-order valence-corrected chi connectivity index (χ4v) is 3.24. The van der Waals surface area contributed by atoms with Crippen LogP contribution in [0.2, 0.25) is 0 Å². The molecule has 1 atom stereocenters. The summed E-state index contributed by atoms with van der Waals surface area (Å²) in [6.07, 6.45) is 2.82. The summed E-state index contributed by atoms with van der Waals surface area (Å²) in [5.41, 5.74) is 0.397. The lowest BCUT2D eigenvalue weighted by molar-refractivity contribution is 0.0162. The summed E-state index contributed by atoms with van der Waals surface area (Å²) in [7, 11) is 1.71. The van der Waals surface area contributed by atoms with E-state index in [4.69, 9.17) is 4.74 Å². The lowest BCUT2D eigenvalue weighted by atomic mass is 9.95. The van der Waals surface area contributed by atoms with Crippen molar-refractivity contribution in [1.82, 2.24) is 15.5 Å². The number of amides is 1. The minimum atomic E-state index is -0.467. The van der Waals surface area contributed by atoms with Gasteiger partial charge in [0.2, 0.25) is 0 Å². The van der Waals surface area contributed by atoms with Gasteiger partial charge in [-0.2, -0.15) is 0 Å². The number of benzene rings is 1. The highest BCUT2D eigenvalue weighted by Gasteiger charge is 2.27. The molecule has 8 heteroatoms. The number of nitrogens with zero attached hydrogens (tertiary/aromatic N) is 2. The van der Waals surface area contributed by atoms with E-state index in [9.17, 15) is 9.18 Å². The fourth-order valence-electron chi connectivity index (χ4n) is 3.24. The molecule has 1 aromatic rings. The summed E-state index contributed by atoms with van der Waals surface area (Å²) >= 11 is 0. The Morgan fingerprint density at radius 1 is 1.34 bits per heavy atom. The van der Waals surface area contributed by atoms with Crippen LogP contribution in [0.4, 0.5) is 9.18 Å². The number of halogens is 2. The van der Waals surface area contributed by atoms with E-state index in [2.05, 4.69) is 15.6 Å². The third-order valence-corrected chi connectivity index (χ3v) is 4.59. The molecule has 0 bridgehead atoms. The SMILES string of the molecule is CN=C(NCCC1CCCN(C(=O)OC(C)(C)C)C1)NCc1cccc(F)c1.I. The van der Waals surface area contributed by atoms with Crippen LogP contribution in [0.1, 0.15) is 45.6 Å². The van der Waals surface area contributed by atoms with Crippen LogP contribution in [0, 0.1) is 11.7 Å². The second-order valence-corrected chi connectivity index (χ2v) is 8.21. The van der Waals surface area contributed by atoms with Gasteiger partial charge >= 0.3 is 6.09 Å². The number of carbonyl (C=O) groups excluding carboxylic acids is 1. The highest BCUT2D eigenvalue weighted by molar-refractivity contribution is 14.0. The van der Waals surface area contributed by atoms with Crippen molar-refractivity contribution < 1.29 is 13.9 Å². The van der Waals surface area contributed by atoms with E-state index in [0.29, 0.717) is 18.4 Å². The predicted octanol–water partition coefficient (Wildman–Crippen LogP) is 4.15. The Balaban J connectivity index is 0.00000420. The van der Waals surface area contributed by atoms with Gasteiger partial charge in [-0.25, -0.2) is 9.18 Å². The van der Waals surface area contributed by atoms with Gasteiger partial charge in [-0.05, 0) is 63.6 Å². The number of rotatable bonds is 5. The van der Waals surface area contributed by atoms with Gasteiger partial charge in [-0.1, -0.05) is 12.1 Å². The van der Waals surface area contributed by atoms with Gasteiger partial charge < -0.3 is 20.3 Å². The minimum absolute atomic E-state index is 0. The van der Waals surface area contributed by atoms with Crippen molar-refractivity contribution in [2.24, 2.45) is 10.9 Å². The highest BCUT2D eigenvalue weighted by Crippen LogP contribution is 2.21. The van der Waals surface area contributed by atoms with Crippen LogP contribution < -0.4 is 10.6 Å². The maximum absolute atomic E-state index is 13.3. The molecule has 164 valence electrons. The number of carbonyl (C=O) groups is 1. The number of aliphatic imine (C=N–C) groups is 1. The van der Waals surface area contributed by atoms with Crippen LogP contribution in [0.25, 0.3) is 0 Å². The quantitative estimate of drug-likeness (QED) is 0.348. The van der Waals surface area contributed by atoms with Gasteiger partial charge in [0, 0.05) is 33.2 Å². The molecule has 1 aliphatic rings. The first kappa shape index (κ1) is 25.5. The Labute approximate surface area is 190 Å². The number of hydrogen-bond donors (Lipinski definition) is 2. The Kier molecular flexibility index (Phi) is 10.7. The van der Waals surface area contributed by atoms with Gasteiger partial charge in [0.1, 0.15) is 11.4 Å². The molecule has 6 nitrogen and oxygen atoms in total. The molecule has 0 aromatic heterocycles. The Morgan fingerprint density at radius 2 is 2.10 bits per heavy atom. The van der Waals surface area contributed by atoms with Crippen LogP contribution in [-0.4, -0.2) is 49.2 Å². The van der Waals surface area contributed by atoms with Crippen molar-refractivity contribution in [3.63, 3.8) is 0 Å². The second-order valence-electron chi connectivity index (χ2n) is 8.21. The summed E-state index contributed by atoms with van der Waals surface area (Å²) in [5.74, 6) is 0.883. The Morgan fingerprint density at radius 3 is 2.76 bits per heavy atom. The van der Waals surface area contributed by atoms with Crippen LogP contribution in [0.5, 0.6) is 0 Å². The number of ether oxygens (including phenoxy) is 1. The smallest absolute Gasteiger partial charge is 0.410 e. The maximum Gasteiger partial charge on any atom is 0.410 e. The molecule has 2 rings (SSSR count). The van der Waals surface area contributed by atoms with E-state index in [1.807, 2.05) is 31.7 Å². The van der Waals surface area contributed by atoms with Crippen LogP contribution in [0.3, 0.4) is 0 Å². The molecule has 0 spiro atoms. The monoisotopic (exact) mass is 520 g/mol. The molecule has 1 unspecified atom stereocenters. The molecular formula is C21H34FIN4O2. The summed E-state index contributed by atoms with van der Waals surface area (Å²) in [4.78, 5) is 18.3. The summed E-state index contributed by atoms with van der Waals surface area (Å²) in [6, 6.07) is 6.51. The van der Waals surface area contributed by atoms with Crippen LogP contribution in [0.15, 0.2) is 29.3 Å². The topological polar surface area (TPSA) is 66.0 Å². The third-order valence-electron chi connectivity index (χ3n) is 4.59. The molecule has 2 N–H and O–H groups in total. The van der Waals surface area contributed by atoms with Crippen molar-refractivity contribution in [3.8, 4) is 0 Å². The molecule has 29 heavy (non-hydrogen) atoms. The minimum Gasteiger partial charge on any atom is -0.444 e. The Bertz CT molecular complexity index is 679. The number of likely N-dealkylation sites (tertiary alicyclic amines) is 1. The standard InChI is InChI=1S/C21H33FN4O2.HI/c1-21(2,3)28-20(27)26-12-6-8-16(15-26)10-11-24-19(23-4)25-14-17-7-5-9-18(22)13-17;/h5,7,9,13,16H,6,8,10-12,14-15H2,1-4H3,(H2,23,24,25);1H. The van der Waals surface area contributed by atoms with E-state index in [1.165, 1.54) is 12.1 Å². The molecule has 1 heterocycles. The Hall–Kier alpha value is -1.58. The zero-order valence-electron chi connectivity index (χ0n) is 17.8. The lowest BCUT2D eigenvalue weighted by Crippen LogP contribution is -2.44. The number of nitrogens with one attached hydrogen (secondary N) is 2. The largest absolute Gasteiger partial charge is 0.444 e. The fraction of sp³-hybridized carbons (Fsp3) is 0.619. The first-order valence-electron chi connectivity index (χ1n) is 9.94. The van der Waals surface area contributed by atoms with Gasteiger partial charge in [0.15, 0.2) is 5.96 Å². The lowest BCUT2D eigenvalue weighted by Gasteiger charge is -2.34. The highest BCUT2D eigenvalue weighted by atomic mass is 127. The van der Waals surface area contributed by atoms with Crippen molar-refractivity contribution >= 4 is 36.0 Å². The zero-order valence-corrected chi connectivity index (χ0v) is 20.2. The number of piperidine rings is 1. The third kappa shape index (κ3) is 9.64.